The van der Waals surface area contributed by atoms with E-state index in [4.69, 9.17) is 9.72 Å². The molecule has 0 saturated carbocycles. The molecular weight excluding hydrogens is 426 g/mol. The molecule has 2 aliphatic rings. The zero-order valence-electron chi connectivity index (χ0n) is 18.1. The van der Waals surface area contributed by atoms with Crippen molar-refractivity contribution in [1.82, 2.24) is 14.9 Å². The van der Waals surface area contributed by atoms with E-state index in [2.05, 4.69) is 9.88 Å². The summed E-state index contributed by atoms with van der Waals surface area (Å²) in [6.07, 6.45) is 2.89. The number of para-hydroxylation sites is 1. The number of hydrogen-bond donors (Lipinski definition) is 0. The van der Waals surface area contributed by atoms with Gasteiger partial charge in [0.1, 0.15) is 5.82 Å². The molecule has 0 bridgehead atoms. The lowest BCUT2D eigenvalue weighted by molar-refractivity contribution is -0.131. The van der Waals surface area contributed by atoms with E-state index in [0.717, 1.165) is 37.2 Å². The van der Waals surface area contributed by atoms with Gasteiger partial charge in [-0.15, -0.1) is 0 Å². The summed E-state index contributed by atoms with van der Waals surface area (Å²) in [6, 6.07) is 12.1. The molecule has 3 heterocycles. The van der Waals surface area contributed by atoms with Crippen LogP contribution in [-0.4, -0.2) is 40.4 Å². The topological polar surface area (TPSA) is 58.6 Å². The Morgan fingerprint density at radius 1 is 0.970 bits per heavy atom. The van der Waals surface area contributed by atoms with E-state index in [1.165, 1.54) is 18.2 Å². The molecule has 8 heteroatoms. The number of hydrogen-bond acceptors (Lipinski definition) is 5. The van der Waals surface area contributed by atoms with Crippen LogP contribution in [0.2, 0.25) is 0 Å². The summed E-state index contributed by atoms with van der Waals surface area (Å²) in [7, 11) is 0. The van der Waals surface area contributed by atoms with E-state index in [0.29, 0.717) is 24.5 Å². The molecule has 1 aromatic heterocycles. The number of ether oxygens (including phenoxy) is 1. The maximum atomic E-state index is 14.3. The molecule has 2 aromatic carbocycles. The fourth-order valence-corrected chi connectivity index (χ4v) is 4.25. The third-order valence-corrected chi connectivity index (χ3v) is 6.06. The first kappa shape index (κ1) is 21.3. The van der Waals surface area contributed by atoms with Gasteiger partial charge in [-0.2, -0.15) is 4.98 Å². The van der Waals surface area contributed by atoms with Crippen LogP contribution in [0, 0.1) is 11.6 Å². The van der Waals surface area contributed by atoms with Crippen molar-refractivity contribution in [2.24, 2.45) is 0 Å². The first-order valence-electron chi connectivity index (χ1n) is 11.2. The minimum atomic E-state index is -0.479. The lowest BCUT2D eigenvalue weighted by Gasteiger charge is -2.30. The van der Waals surface area contributed by atoms with Crippen molar-refractivity contribution < 1.29 is 18.3 Å². The predicted molar refractivity (Wildman–Crippen MR) is 119 cm³/mol. The van der Waals surface area contributed by atoms with Crippen molar-refractivity contribution in [2.45, 2.75) is 32.2 Å². The van der Waals surface area contributed by atoms with Gasteiger partial charge in [-0.05, 0) is 42.7 Å². The zero-order chi connectivity index (χ0) is 22.8. The van der Waals surface area contributed by atoms with Crippen molar-refractivity contribution in [2.75, 3.05) is 24.5 Å². The van der Waals surface area contributed by atoms with Gasteiger partial charge in [0.15, 0.2) is 11.6 Å². The number of anilines is 1. The quantitative estimate of drug-likeness (QED) is 0.581. The minimum absolute atomic E-state index is 0.0762. The largest absolute Gasteiger partial charge is 0.435 e. The van der Waals surface area contributed by atoms with Gasteiger partial charge in [0.05, 0.1) is 24.2 Å². The van der Waals surface area contributed by atoms with Crippen molar-refractivity contribution in [3.8, 4) is 11.6 Å². The Balaban J connectivity index is 1.43. The summed E-state index contributed by atoms with van der Waals surface area (Å²) in [5, 5.41) is 0. The molecule has 0 unspecified atom stereocenters. The number of carbonyl (C=O) groups is 1. The molecule has 2 aliphatic heterocycles. The fourth-order valence-electron chi connectivity index (χ4n) is 4.25. The molecule has 0 aliphatic carbocycles. The monoisotopic (exact) mass is 450 g/mol. The second kappa shape index (κ2) is 9.13. The molecule has 0 spiro atoms. The SMILES string of the molecule is O=C(Cc1ccc(F)cc1)N1CCc2nc(N3CCCC3)nc(Oc3ccccc3F)c2C1. The molecule has 1 fully saturated rings. The molecule has 1 saturated heterocycles. The van der Waals surface area contributed by atoms with Crippen LogP contribution >= 0.6 is 0 Å². The zero-order valence-corrected chi connectivity index (χ0v) is 18.1. The van der Waals surface area contributed by atoms with Gasteiger partial charge in [0.2, 0.25) is 17.7 Å². The van der Waals surface area contributed by atoms with E-state index in [1.54, 1.807) is 35.2 Å². The third kappa shape index (κ3) is 4.65. The highest BCUT2D eigenvalue weighted by Crippen LogP contribution is 2.33. The maximum absolute atomic E-state index is 14.3. The number of halogens is 2. The molecule has 0 N–H and O–H groups in total. The molecule has 0 radical (unpaired) electrons. The number of carbonyl (C=O) groups excluding carboxylic acids is 1. The van der Waals surface area contributed by atoms with E-state index in [-0.39, 0.29) is 36.3 Å². The number of aromatic nitrogens is 2. The van der Waals surface area contributed by atoms with Gasteiger partial charge in [-0.1, -0.05) is 24.3 Å². The highest BCUT2D eigenvalue weighted by atomic mass is 19.1. The molecule has 170 valence electrons. The van der Waals surface area contributed by atoms with Crippen LogP contribution in [0.4, 0.5) is 14.7 Å². The van der Waals surface area contributed by atoms with Crippen molar-refractivity contribution in [3.63, 3.8) is 0 Å². The summed E-state index contributed by atoms with van der Waals surface area (Å²) in [5.74, 6) is 0.0647. The number of rotatable bonds is 5. The molecular formula is C25H24F2N4O2. The Kier molecular flexibility index (Phi) is 5.90. The van der Waals surface area contributed by atoms with Gasteiger partial charge in [-0.25, -0.2) is 13.8 Å². The highest BCUT2D eigenvalue weighted by molar-refractivity contribution is 5.79. The summed E-state index contributed by atoms with van der Waals surface area (Å²) in [6.45, 7) is 2.54. The lowest BCUT2D eigenvalue weighted by atomic mass is 10.0. The molecule has 1 amide bonds. The first-order chi connectivity index (χ1) is 16.1. The van der Waals surface area contributed by atoms with Gasteiger partial charge in [0.25, 0.3) is 0 Å². The number of benzene rings is 2. The second-order valence-corrected chi connectivity index (χ2v) is 8.35. The number of nitrogens with zero attached hydrogens (tertiary/aromatic N) is 4. The predicted octanol–water partition coefficient (Wildman–Crippen LogP) is 4.27. The lowest BCUT2D eigenvalue weighted by Crippen LogP contribution is -2.38. The maximum Gasteiger partial charge on any atom is 0.229 e. The van der Waals surface area contributed by atoms with E-state index < -0.39 is 5.82 Å². The Labute approximate surface area is 190 Å². The van der Waals surface area contributed by atoms with Gasteiger partial charge in [0, 0.05) is 26.1 Å². The normalized spacial score (nSPS) is 15.5. The Bertz CT molecular complexity index is 1160. The van der Waals surface area contributed by atoms with Crippen LogP contribution < -0.4 is 9.64 Å². The minimum Gasteiger partial charge on any atom is -0.435 e. The van der Waals surface area contributed by atoms with Crippen molar-refractivity contribution >= 4 is 11.9 Å². The van der Waals surface area contributed by atoms with Crippen molar-refractivity contribution in [3.05, 3.63) is 77.0 Å². The summed E-state index contributed by atoms with van der Waals surface area (Å²) >= 11 is 0. The first-order valence-corrected chi connectivity index (χ1v) is 11.2. The van der Waals surface area contributed by atoms with E-state index >= 15 is 0 Å². The standard InChI is InChI=1S/C25H24F2N4O2/c26-18-9-7-17(8-10-18)15-23(32)31-14-11-21-19(16-31)24(33-22-6-2-1-5-20(22)27)29-25(28-21)30-12-3-4-13-30/h1-2,5-10H,3-4,11-16H2. The molecule has 5 rings (SSSR count). The smallest absolute Gasteiger partial charge is 0.229 e. The highest BCUT2D eigenvalue weighted by Gasteiger charge is 2.28. The van der Waals surface area contributed by atoms with E-state index in [1.807, 2.05) is 0 Å². The Hall–Kier alpha value is -3.55. The summed E-state index contributed by atoms with van der Waals surface area (Å²) in [4.78, 5) is 26.2. The van der Waals surface area contributed by atoms with Gasteiger partial charge in [-0.3, -0.25) is 4.79 Å². The Morgan fingerprint density at radius 2 is 1.73 bits per heavy atom. The van der Waals surface area contributed by atoms with Crippen LogP contribution in [0.5, 0.6) is 11.6 Å². The molecule has 0 atom stereocenters. The summed E-state index contributed by atoms with van der Waals surface area (Å²) in [5.41, 5.74) is 2.26. The van der Waals surface area contributed by atoms with Crippen LogP contribution in [0.1, 0.15) is 29.7 Å². The molecule has 3 aromatic rings. The van der Waals surface area contributed by atoms with Crippen molar-refractivity contribution in [1.29, 1.82) is 0 Å². The number of fused-ring (bicyclic) bond motifs is 1. The molecule has 6 nitrogen and oxygen atoms in total. The second-order valence-electron chi connectivity index (χ2n) is 8.35. The Morgan fingerprint density at radius 3 is 2.48 bits per heavy atom. The average molecular weight is 450 g/mol. The third-order valence-electron chi connectivity index (χ3n) is 6.06. The van der Waals surface area contributed by atoms with Crippen LogP contribution in [0.15, 0.2) is 48.5 Å². The molecule has 33 heavy (non-hydrogen) atoms. The van der Waals surface area contributed by atoms with Gasteiger partial charge >= 0.3 is 0 Å². The van der Waals surface area contributed by atoms with Crippen LogP contribution in [0.25, 0.3) is 0 Å². The van der Waals surface area contributed by atoms with Gasteiger partial charge < -0.3 is 14.5 Å². The average Bonchev–Trinajstić information content (AvgIpc) is 3.37. The van der Waals surface area contributed by atoms with Crippen LogP contribution in [-0.2, 0) is 24.2 Å². The van der Waals surface area contributed by atoms with Crippen LogP contribution in [0.3, 0.4) is 0 Å². The fraction of sp³-hybridized carbons (Fsp3) is 0.320. The number of amides is 1. The van der Waals surface area contributed by atoms with E-state index in [9.17, 15) is 13.6 Å². The summed E-state index contributed by atoms with van der Waals surface area (Å²) < 4.78 is 33.4.